The number of amides is 1. The van der Waals surface area contributed by atoms with Gasteiger partial charge in [-0.1, -0.05) is 12.1 Å². The number of alkyl halides is 1. The Kier molecular flexibility index (Phi) is 6.83. The van der Waals surface area contributed by atoms with E-state index in [1.54, 1.807) is 30.3 Å². The zero-order valence-electron chi connectivity index (χ0n) is 17.7. The summed E-state index contributed by atoms with van der Waals surface area (Å²) in [7, 11) is 1.47. The molecule has 2 N–H and O–H groups in total. The molecule has 2 aromatic heterocycles. The van der Waals surface area contributed by atoms with Crippen molar-refractivity contribution in [3.8, 4) is 16.9 Å². The number of hydrogen-bond acceptors (Lipinski definition) is 9. The van der Waals surface area contributed by atoms with E-state index in [1.807, 2.05) is 4.90 Å². The first-order chi connectivity index (χ1) is 16.1. The summed E-state index contributed by atoms with van der Waals surface area (Å²) in [4.78, 5) is 22.5. The van der Waals surface area contributed by atoms with Crippen LogP contribution in [0.2, 0.25) is 0 Å². The summed E-state index contributed by atoms with van der Waals surface area (Å²) in [5.74, 6) is -0.324. The fourth-order valence-electron chi connectivity index (χ4n) is 3.24. The Morgan fingerprint density at radius 1 is 1.21 bits per heavy atom. The van der Waals surface area contributed by atoms with E-state index in [2.05, 4.69) is 30.8 Å². The molecule has 0 unspecified atom stereocenters. The highest BCUT2D eigenvalue weighted by Crippen LogP contribution is 2.28. The van der Waals surface area contributed by atoms with E-state index in [9.17, 15) is 13.6 Å². The topological polar surface area (TPSA) is 114 Å². The minimum absolute atomic E-state index is 0.0689. The van der Waals surface area contributed by atoms with Crippen LogP contribution < -0.4 is 20.3 Å². The molecule has 1 fully saturated rings. The number of ether oxygens (including phenoxy) is 2. The van der Waals surface area contributed by atoms with Crippen LogP contribution in [0.3, 0.4) is 0 Å². The molecule has 10 nitrogen and oxygen atoms in total. The van der Waals surface area contributed by atoms with E-state index in [0.717, 1.165) is 6.20 Å². The summed E-state index contributed by atoms with van der Waals surface area (Å²) in [6.07, 6.45) is 1.08. The summed E-state index contributed by atoms with van der Waals surface area (Å²) >= 11 is 0. The largest absolute Gasteiger partial charge is 0.463 e. The van der Waals surface area contributed by atoms with Crippen LogP contribution in [-0.2, 0) is 4.74 Å². The molecule has 0 bridgehead atoms. The first kappa shape index (κ1) is 22.3. The number of nitrogens with zero attached hydrogens (tertiary/aromatic N) is 5. The van der Waals surface area contributed by atoms with Gasteiger partial charge in [-0.05, 0) is 23.8 Å². The van der Waals surface area contributed by atoms with Gasteiger partial charge in [0.1, 0.15) is 5.75 Å². The number of hydrogen-bond donors (Lipinski definition) is 2. The Labute approximate surface area is 188 Å². The number of halogens is 2. The molecule has 0 saturated carbocycles. The van der Waals surface area contributed by atoms with Crippen molar-refractivity contribution < 1.29 is 23.0 Å². The Morgan fingerprint density at radius 3 is 2.67 bits per heavy atom. The number of rotatable bonds is 7. The second-order valence-electron chi connectivity index (χ2n) is 6.94. The van der Waals surface area contributed by atoms with Gasteiger partial charge in [0.2, 0.25) is 12.8 Å². The molecule has 1 aromatic carbocycles. The van der Waals surface area contributed by atoms with Gasteiger partial charge in [0.05, 0.1) is 19.4 Å². The van der Waals surface area contributed by atoms with Crippen molar-refractivity contribution in [2.24, 2.45) is 0 Å². The van der Waals surface area contributed by atoms with Crippen LogP contribution in [0.4, 0.5) is 26.4 Å². The lowest BCUT2D eigenvalue weighted by atomic mass is 10.0. The molecule has 1 amide bonds. The van der Waals surface area contributed by atoms with Gasteiger partial charge in [0.15, 0.2) is 23.1 Å². The third kappa shape index (κ3) is 5.12. The number of anilines is 3. The van der Waals surface area contributed by atoms with E-state index in [0.29, 0.717) is 49.1 Å². The van der Waals surface area contributed by atoms with Gasteiger partial charge in [-0.3, -0.25) is 4.79 Å². The van der Waals surface area contributed by atoms with Gasteiger partial charge >= 0.3 is 0 Å². The zero-order valence-corrected chi connectivity index (χ0v) is 17.7. The molecular formula is C21H21F2N7O3. The van der Waals surface area contributed by atoms with E-state index in [-0.39, 0.29) is 17.3 Å². The van der Waals surface area contributed by atoms with Crippen LogP contribution in [0.25, 0.3) is 11.1 Å². The summed E-state index contributed by atoms with van der Waals surface area (Å²) in [5.41, 5.74) is 1.11. The number of carbonyl (C=O) groups excluding carboxylic acids is 1. The summed E-state index contributed by atoms with van der Waals surface area (Å²) in [5, 5.41) is 13.3. The summed E-state index contributed by atoms with van der Waals surface area (Å²) < 4.78 is 37.0. The lowest BCUT2D eigenvalue weighted by Crippen LogP contribution is -2.37. The minimum atomic E-state index is -0.954. The predicted molar refractivity (Wildman–Crippen MR) is 116 cm³/mol. The molecular weight excluding hydrogens is 436 g/mol. The van der Waals surface area contributed by atoms with Crippen molar-refractivity contribution in [1.82, 2.24) is 25.5 Å². The highest BCUT2D eigenvalue weighted by atomic mass is 19.1. The average molecular weight is 457 g/mol. The smallest absolute Gasteiger partial charge is 0.272 e. The number of nitrogens with one attached hydrogen (secondary N) is 2. The molecule has 1 aliphatic heterocycles. The fourth-order valence-corrected chi connectivity index (χ4v) is 3.24. The minimum Gasteiger partial charge on any atom is -0.463 e. The second kappa shape index (κ2) is 10.1. The van der Waals surface area contributed by atoms with Crippen LogP contribution in [0.5, 0.6) is 5.75 Å². The monoisotopic (exact) mass is 457 g/mol. The van der Waals surface area contributed by atoms with E-state index < -0.39 is 18.6 Å². The van der Waals surface area contributed by atoms with Crippen LogP contribution in [-0.4, -0.2) is 66.3 Å². The normalized spacial score (nSPS) is 13.5. The zero-order chi connectivity index (χ0) is 23.2. The van der Waals surface area contributed by atoms with Gasteiger partial charge in [0.25, 0.3) is 5.91 Å². The Bertz CT molecular complexity index is 1130. The van der Waals surface area contributed by atoms with Crippen LogP contribution in [0, 0.1) is 5.82 Å². The SMILES string of the molecule is CNC(=O)c1nnc(Nc2nc(N3CCOCC3)ncc2F)cc1-c1ccc(OCF)cc1. The third-order valence-electron chi connectivity index (χ3n) is 4.89. The van der Waals surface area contributed by atoms with E-state index >= 15 is 0 Å². The van der Waals surface area contributed by atoms with Crippen molar-refractivity contribution in [2.45, 2.75) is 0 Å². The van der Waals surface area contributed by atoms with Crippen LogP contribution >= 0.6 is 0 Å². The third-order valence-corrected chi connectivity index (χ3v) is 4.89. The maximum atomic E-state index is 14.4. The van der Waals surface area contributed by atoms with Crippen LogP contribution in [0.15, 0.2) is 36.5 Å². The van der Waals surface area contributed by atoms with Crippen molar-refractivity contribution in [1.29, 1.82) is 0 Å². The van der Waals surface area contributed by atoms with Crippen molar-refractivity contribution >= 4 is 23.5 Å². The van der Waals surface area contributed by atoms with E-state index in [4.69, 9.17) is 9.47 Å². The van der Waals surface area contributed by atoms with Gasteiger partial charge in [-0.25, -0.2) is 13.8 Å². The van der Waals surface area contributed by atoms with Gasteiger partial charge in [-0.2, -0.15) is 4.98 Å². The molecule has 0 atom stereocenters. The Hall–Kier alpha value is -3.93. The summed E-state index contributed by atoms with van der Waals surface area (Å²) in [6, 6.07) is 7.99. The Balaban J connectivity index is 1.66. The molecule has 0 aliphatic carbocycles. The molecule has 1 saturated heterocycles. The first-order valence-corrected chi connectivity index (χ1v) is 10.1. The standard InChI is InChI=1S/C21H21F2N7O3/c1-24-20(31)18-15(13-2-4-14(5-3-13)33-12-22)10-17(28-29-18)26-19-16(23)11-25-21(27-19)30-6-8-32-9-7-30/h2-5,10-11H,6-9,12H2,1H3,(H,24,31)(H,25,26,27,28). The summed E-state index contributed by atoms with van der Waals surface area (Å²) in [6.45, 7) is 1.31. The molecule has 0 radical (unpaired) electrons. The fraction of sp³-hybridized carbons (Fsp3) is 0.286. The molecule has 172 valence electrons. The van der Waals surface area contributed by atoms with Gasteiger partial charge in [0, 0.05) is 25.7 Å². The van der Waals surface area contributed by atoms with Crippen LogP contribution in [0.1, 0.15) is 10.5 Å². The molecule has 33 heavy (non-hydrogen) atoms. The highest BCUT2D eigenvalue weighted by molar-refractivity contribution is 5.99. The predicted octanol–water partition coefficient (Wildman–Crippen LogP) is 2.32. The maximum Gasteiger partial charge on any atom is 0.272 e. The molecule has 3 aromatic rings. The quantitative estimate of drug-likeness (QED) is 0.552. The number of benzene rings is 1. The highest BCUT2D eigenvalue weighted by Gasteiger charge is 2.19. The van der Waals surface area contributed by atoms with Gasteiger partial charge in [-0.15, -0.1) is 10.2 Å². The number of carbonyl (C=O) groups is 1. The Morgan fingerprint density at radius 2 is 1.97 bits per heavy atom. The molecule has 0 spiro atoms. The second-order valence-corrected chi connectivity index (χ2v) is 6.94. The van der Waals surface area contributed by atoms with Crippen molar-refractivity contribution in [2.75, 3.05) is 50.4 Å². The van der Waals surface area contributed by atoms with Gasteiger partial charge < -0.3 is 25.0 Å². The molecule has 3 heterocycles. The molecule has 4 rings (SSSR count). The van der Waals surface area contributed by atoms with E-state index in [1.165, 1.54) is 7.05 Å². The number of aromatic nitrogens is 4. The van der Waals surface area contributed by atoms with Crippen molar-refractivity contribution in [3.63, 3.8) is 0 Å². The maximum absolute atomic E-state index is 14.4. The molecule has 1 aliphatic rings. The first-order valence-electron chi connectivity index (χ1n) is 10.1. The number of morpholine rings is 1. The lowest BCUT2D eigenvalue weighted by Gasteiger charge is -2.26. The van der Waals surface area contributed by atoms with Crippen molar-refractivity contribution in [3.05, 3.63) is 48.0 Å². The average Bonchev–Trinajstić information content (AvgIpc) is 2.86. The lowest BCUT2D eigenvalue weighted by molar-refractivity contribution is 0.0958. The molecule has 12 heteroatoms.